The molecule has 6 heteroatoms. The molecule has 19 heavy (non-hydrogen) atoms. The molecule has 1 aliphatic carbocycles. The van der Waals surface area contributed by atoms with Crippen molar-refractivity contribution in [2.24, 2.45) is 11.7 Å². The Morgan fingerprint density at radius 2 is 1.84 bits per heavy atom. The maximum Gasteiger partial charge on any atom is 0.229 e. The Morgan fingerprint density at radius 1 is 1.26 bits per heavy atom. The van der Waals surface area contributed by atoms with E-state index in [2.05, 4.69) is 5.32 Å². The fourth-order valence-electron chi connectivity index (χ4n) is 2.36. The molecule has 3 N–H and O–H groups in total. The summed E-state index contributed by atoms with van der Waals surface area (Å²) in [5.41, 5.74) is 6.19. The lowest BCUT2D eigenvalue weighted by Crippen LogP contribution is -2.40. The predicted molar refractivity (Wildman–Crippen MR) is 75.0 cm³/mol. The molecule has 0 radical (unpaired) electrons. The van der Waals surface area contributed by atoms with E-state index in [1.807, 2.05) is 0 Å². The van der Waals surface area contributed by atoms with E-state index in [0.717, 1.165) is 37.8 Å². The summed E-state index contributed by atoms with van der Waals surface area (Å²) < 4.78 is 13.1. The van der Waals surface area contributed by atoms with Gasteiger partial charge in [0, 0.05) is 6.04 Å². The lowest BCUT2D eigenvalue weighted by Gasteiger charge is -2.27. The lowest BCUT2D eigenvalue weighted by molar-refractivity contribution is -0.121. The number of halogens is 3. The average molecular weight is 305 g/mol. The molecule has 2 rings (SSSR count). The maximum atomic E-state index is 13.1. The molecule has 0 aromatic heterocycles. The van der Waals surface area contributed by atoms with Crippen LogP contribution in [0.1, 0.15) is 25.7 Å². The van der Waals surface area contributed by atoms with Crippen LogP contribution in [0.3, 0.4) is 0 Å². The number of rotatable bonds is 2. The number of benzene rings is 1. The summed E-state index contributed by atoms with van der Waals surface area (Å²) in [7, 11) is 0. The van der Waals surface area contributed by atoms with E-state index in [1.54, 1.807) is 0 Å². The molecule has 104 valence electrons. The summed E-state index contributed by atoms with van der Waals surface area (Å²) in [4.78, 5) is 12.2. The number of hydrogen-bond donors (Lipinski definition) is 2. The first-order chi connectivity index (χ1) is 8.99. The van der Waals surface area contributed by atoms with E-state index in [9.17, 15) is 9.18 Å². The van der Waals surface area contributed by atoms with Gasteiger partial charge in [-0.3, -0.25) is 4.79 Å². The van der Waals surface area contributed by atoms with E-state index in [0.29, 0.717) is 0 Å². The standard InChI is InChI=1S/C13H15Cl2FN2O/c14-9-5-7(16)6-10(15)12(9)18-13(19)8-3-1-2-4-11(8)17/h5-6,8,11H,1-4,17H2,(H,18,19). The molecular formula is C13H15Cl2FN2O. The second kappa shape index (κ2) is 6.07. The Bertz CT molecular complexity index is 473. The minimum absolute atomic E-state index is 0.0859. The Kier molecular flexibility index (Phi) is 4.66. The fraction of sp³-hybridized carbons (Fsp3) is 0.462. The van der Waals surface area contributed by atoms with Crippen LogP contribution in [-0.4, -0.2) is 11.9 Å². The van der Waals surface area contributed by atoms with E-state index >= 15 is 0 Å². The van der Waals surface area contributed by atoms with Gasteiger partial charge in [-0.15, -0.1) is 0 Å². The lowest BCUT2D eigenvalue weighted by atomic mass is 9.84. The van der Waals surface area contributed by atoms with Crippen LogP contribution in [0.2, 0.25) is 10.0 Å². The number of carbonyl (C=O) groups excluding carboxylic acids is 1. The molecule has 1 saturated carbocycles. The van der Waals surface area contributed by atoms with Gasteiger partial charge in [0.2, 0.25) is 5.91 Å². The Labute approximate surface area is 121 Å². The minimum Gasteiger partial charge on any atom is -0.327 e. The third-order valence-corrected chi connectivity index (χ3v) is 4.01. The first kappa shape index (κ1) is 14.6. The first-order valence-electron chi connectivity index (χ1n) is 6.20. The van der Waals surface area contributed by atoms with Crippen molar-refractivity contribution in [1.29, 1.82) is 0 Å². The SMILES string of the molecule is NC1CCCCC1C(=O)Nc1c(Cl)cc(F)cc1Cl. The number of nitrogens with one attached hydrogen (secondary N) is 1. The van der Waals surface area contributed by atoms with Crippen molar-refractivity contribution >= 4 is 34.8 Å². The van der Waals surface area contributed by atoms with Crippen LogP contribution >= 0.6 is 23.2 Å². The van der Waals surface area contributed by atoms with Gasteiger partial charge in [-0.25, -0.2) is 4.39 Å². The molecule has 1 fully saturated rings. The van der Waals surface area contributed by atoms with E-state index in [4.69, 9.17) is 28.9 Å². The molecule has 1 aliphatic rings. The van der Waals surface area contributed by atoms with Gasteiger partial charge < -0.3 is 11.1 Å². The molecule has 0 spiro atoms. The average Bonchev–Trinajstić information content (AvgIpc) is 2.34. The third kappa shape index (κ3) is 3.38. The van der Waals surface area contributed by atoms with Crippen molar-refractivity contribution in [3.05, 3.63) is 28.0 Å². The van der Waals surface area contributed by atoms with E-state index in [-0.39, 0.29) is 33.6 Å². The second-order valence-electron chi connectivity index (χ2n) is 4.79. The molecule has 2 unspecified atom stereocenters. The highest BCUT2D eigenvalue weighted by atomic mass is 35.5. The monoisotopic (exact) mass is 304 g/mol. The van der Waals surface area contributed by atoms with E-state index < -0.39 is 5.82 Å². The van der Waals surface area contributed by atoms with Crippen molar-refractivity contribution < 1.29 is 9.18 Å². The number of amides is 1. The van der Waals surface area contributed by atoms with Crippen molar-refractivity contribution in [3.8, 4) is 0 Å². The van der Waals surface area contributed by atoms with Crippen molar-refractivity contribution in [2.45, 2.75) is 31.7 Å². The van der Waals surface area contributed by atoms with Gasteiger partial charge >= 0.3 is 0 Å². The first-order valence-corrected chi connectivity index (χ1v) is 6.95. The molecule has 3 nitrogen and oxygen atoms in total. The van der Waals surface area contributed by atoms with Crippen molar-refractivity contribution in [3.63, 3.8) is 0 Å². The summed E-state index contributed by atoms with van der Waals surface area (Å²) >= 11 is 11.8. The highest BCUT2D eigenvalue weighted by molar-refractivity contribution is 6.39. The van der Waals surface area contributed by atoms with Gasteiger partial charge in [0.05, 0.1) is 21.7 Å². The fourth-order valence-corrected chi connectivity index (χ4v) is 2.92. The zero-order valence-electron chi connectivity index (χ0n) is 10.3. The highest BCUT2D eigenvalue weighted by Gasteiger charge is 2.29. The van der Waals surface area contributed by atoms with Crippen molar-refractivity contribution in [1.82, 2.24) is 0 Å². The van der Waals surface area contributed by atoms with Crippen LogP contribution in [0.25, 0.3) is 0 Å². The summed E-state index contributed by atoms with van der Waals surface area (Å²) in [6.07, 6.45) is 3.62. The normalized spacial score (nSPS) is 23.2. The number of carbonyl (C=O) groups is 1. The van der Waals surface area contributed by atoms with Gasteiger partial charge in [0.1, 0.15) is 5.82 Å². The van der Waals surface area contributed by atoms with Crippen LogP contribution in [-0.2, 0) is 4.79 Å². The summed E-state index contributed by atoms with van der Waals surface area (Å²) in [5, 5.41) is 2.83. The quantitative estimate of drug-likeness (QED) is 0.877. The predicted octanol–water partition coefficient (Wildman–Crippen LogP) is 3.59. The third-order valence-electron chi connectivity index (χ3n) is 3.41. The summed E-state index contributed by atoms with van der Waals surface area (Å²) in [5.74, 6) is -0.990. The van der Waals surface area contributed by atoms with Gasteiger partial charge in [-0.2, -0.15) is 0 Å². The smallest absolute Gasteiger partial charge is 0.229 e. The molecule has 0 saturated heterocycles. The molecule has 1 aromatic carbocycles. The Balaban J connectivity index is 2.14. The maximum absolute atomic E-state index is 13.1. The van der Waals surface area contributed by atoms with Gasteiger partial charge in [0.25, 0.3) is 0 Å². The molecule has 0 bridgehead atoms. The Morgan fingerprint density at radius 3 is 2.42 bits per heavy atom. The molecule has 0 aliphatic heterocycles. The molecule has 1 amide bonds. The van der Waals surface area contributed by atoms with Gasteiger partial charge in [-0.05, 0) is 25.0 Å². The zero-order chi connectivity index (χ0) is 14.0. The molecule has 1 aromatic rings. The number of nitrogens with two attached hydrogens (primary N) is 1. The van der Waals surface area contributed by atoms with E-state index in [1.165, 1.54) is 0 Å². The largest absolute Gasteiger partial charge is 0.327 e. The van der Waals surface area contributed by atoms with Gasteiger partial charge in [0.15, 0.2) is 0 Å². The number of anilines is 1. The van der Waals surface area contributed by atoms with Crippen molar-refractivity contribution in [2.75, 3.05) is 5.32 Å². The molecular weight excluding hydrogens is 290 g/mol. The Hall–Kier alpha value is -0.840. The van der Waals surface area contributed by atoms with Crippen LogP contribution in [0, 0.1) is 11.7 Å². The molecule has 0 heterocycles. The topological polar surface area (TPSA) is 55.1 Å². The minimum atomic E-state index is -0.539. The van der Waals surface area contributed by atoms with Crippen LogP contribution in [0.15, 0.2) is 12.1 Å². The number of hydrogen-bond acceptors (Lipinski definition) is 2. The van der Waals surface area contributed by atoms with Crippen LogP contribution in [0.4, 0.5) is 10.1 Å². The van der Waals surface area contributed by atoms with Crippen LogP contribution in [0.5, 0.6) is 0 Å². The summed E-state index contributed by atoms with van der Waals surface area (Å²) in [6.45, 7) is 0. The highest BCUT2D eigenvalue weighted by Crippen LogP contribution is 2.33. The molecule has 2 atom stereocenters. The van der Waals surface area contributed by atoms with Crippen LogP contribution < -0.4 is 11.1 Å². The zero-order valence-corrected chi connectivity index (χ0v) is 11.8. The van der Waals surface area contributed by atoms with Gasteiger partial charge in [-0.1, -0.05) is 36.0 Å². The second-order valence-corrected chi connectivity index (χ2v) is 5.60. The summed E-state index contributed by atoms with van der Waals surface area (Å²) in [6, 6.07) is 2.08.